The monoisotopic (exact) mass is 526 g/mol. The second kappa shape index (κ2) is 9.65. The molecule has 186 valence electrons. The van der Waals surface area contributed by atoms with Crippen LogP contribution in [0.25, 0.3) is 33.4 Å². The maximum atomic E-state index is 15.1. The average Bonchev–Trinajstić information content (AvgIpc) is 3.50. The molecule has 0 spiro atoms. The van der Waals surface area contributed by atoms with Gasteiger partial charge in [0.1, 0.15) is 18.2 Å². The zero-order valence-electron chi connectivity index (χ0n) is 19.5. The summed E-state index contributed by atoms with van der Waals surface area (Å²) in [7, 11) is -3.55. The number of H-pyrrole nitrogens is 1. The third-order valence-corrected chi connectivity index (χ3v) is 8.23. The second-order valence-corrected chi connectivity index (χ2v) is 10.9. The van der Waals surface area contributed by atoms with Gasteiger partial charge in [-0.1, -0.05) is 18.2 Å². The van der Waals surface area contributed by atoms with Crippen molar-refractivity contribution < 1.29 is 17.5 Å². The SMILES string of the molecule is C=CS(=O)(=O)N1CCC[C@H]1COc1cnccc1-c1[nH]c2c(C)ccnc2c1-c1cc(Cl)ccc1F. The molecule has 7 nitrogen and oxygen atoms in total. The number of aryl methyl sites for hydroxylation is 1. The van der Waals surface area contributed by atoms with Crippen LogP contribution in [-0.2, 0) is 10.0 Å². The first-order valence-electron chi connectivity index (χ1n) is 11.4. The molecule has 0 radical (unpaired) electrons. The highest BCUT2D eigenvalue weighted by atomic mass is 35.5. The number of ether oxygens (including phenoxy) is 1. The van der Waals surface area contributed by atoms with E-state index < -0.39 is 15.8 Å². The van der Waals surface area contributed by atoms with Gasteiger partial charge < -0.3 is 9.72 Å². The normalized spacial score (nSPS) is 16.5. The van der Waals surface area contributed by atoms with E-state index in [2.05, 4.69) is 21.5 Å². The summed E-state index contributed by atoms with van der Waals surface area (Å²) in [5.74, 6) is 0.00542. The summed E-state index contributed by atoms with van der Waals surface area (Å²) in [5, 5.41) is 1.36. The first-order chi connectivity index (χ1) is 17.3. The highest BCUT2D eigenvalue weighted by Crippen LogP contribution is 2.42. The largest absolute Gasteiger partial charge is 0.490 e. The van der Waals surface area contributed by atoms with E-state index in [0.29, 0.717) is 51.6 Å². The topological polar surface area (TPSA) is 88.2 Å². The van der Waals surface area contributed by atoms with Crippen LogP contribution < -0.4 is 4.74 Å². The molecule has 5 rings (SSSR count). The highest BCUT2D eigenvalue weighted by Gasteiger charge is 2.33. The molecule has 0 unspecified atom stereocenters. The Labute approximate surface area is 213 Å². The van der Waals surface area contributed by atoms with Gasteiger partial charge in [0, 0.05) is 46.1 Å². The third-order valence-electron chi connectivity index (χ3n) is 6.44. The smallest absolute Gasteiger partial charge is 0.235 e. The summed E-state index contributed by atoms with van der Waals surface area (Å²) in [5.41, 5.74) is 4.43. The number of sulfonamides is 1. The molecule has 1 aromatic carbocycles. The van der Waals surface area contributed by atoms with Crippen LogP contribution in [0, 0.1) is 12.7 Å². The molecule has 10 heteroatoms. The first-order valence-corrected chi connectivity index (χ1v) is 13.3. The number of nitrogens with one attached hydrogen (secondary N) is 1. The molecular formula is C26H24ClFN4O3S. The van der Waals surface area contributed by atoms with E-state index in [1.807, 2.05) is 13.0 Å². The quantitative estimate of drug-likeness (QED) is 0.333. The fourth-order valence-corrected chi connectivity index (χ4v) is 5.99. The molecule has 1 aliphatic heterocycles. The molecule has 0 bridgehead atoms. The Morgan fingerprint density at radius 1 is 1.28 bits per heavy atom. The van der Waals surface area contributed by atoms with Crippen molar-refractivity contribution in [1.29, 1.82) is 0 Å². The molecule has 4 aromatic rings. The molecule has 3 aromatic heterocycles. The minimum Gasteiger partial charge on any atom is -0.490 e. The zero-order chi connectivity index (χ0) is 25.4. The van der Waals surface area contributed by atoms with Gasteiger partial charge in [-0.2, -0.15) is 4.31 Å². The molecule has 0 saturated carbocycles. The second-order valence-electron chi connectivity index (χ2n) is 8.65. The number of pyridine rings is 2. The van der Waals surface area contributed by atoms with Crippen LogP contribution in [0.3, 0.4) is 0 Å². The van der Waals surface area contributed by atoms with Gasteiger partial charge in [-0.15, -0.1) is 0 Å². The van der Waals surface area contributed by atoms with Gasteiger partial charge in [-0.25, -0.2) is 12.8 Å². The molecule has 0 amide bonds. The predicted octanol–water partition coefficient (Wildman–Crippen LogP) is 5.71. The summed E-state index contributed by atoms with van der Waals surface area (Å²) >= 11 is 6.24. The van der Waals surface area contributed by atoms with E-state index in [4.69, 9.17) is 16.3 Å². The number of rotatable bonds is 7. The summed E-state index contributed by atoms with van der Waals surface area (Å²) in [6, 6.07) is 7.73. The lowest BCUT2D eigenvalue weighted by Crippen LogP contribution is -2.37. The number of hydrogen-bond donors (Lipinski definition) is 1. The van der Waals surface area contributed by atoms with Gasteiger partial charge in [0.2, 0.25) is 10.0 Å². The van der Waals surface area contributed by atoms with Crippen LogP contribution in [0.5, 0.6) is 5.75 Å². The number of benzene rings is 1. The minimum atomic E-state index is -3.55. The lowest BCUT2D eigenvalue weighted by atomic mass is 9.99. The Kier molecular flexibility index (Phi) is 6.55. The number of halogens is 2. The van der Waals surface area contributed by atoms with Crippen LogP contribution in [-0.4, -0.2) is 46.9 Å². The Balaban J connectivity index is 1.60. The van der Waals surface area contributed by atoms with E-state index in [1.54, 1.807) is 30.7 Å². The molecule has 1 saturated heterocycles. The standard InChI is InChI=1S/C26H24ClFN4O3S/c1-3-36(33,34)32-12-4-5-18(32)15-35-22-14-29-10-9-19(22)25-23(20-13-17(27)6-7-21(20)28)26-24(31-25)16(2)8-11-30-26/h3,6-11,13-14,18,31H,1,4-5,12,15H2,2H3/t18-/m0/s1. The fraction of sp³-hybridized carbons (Fsp3) is 0.231. The highest BCUT2D eigenvalue weighted by molar-refractivity contribution is 7.92. The molecule has 1 N–H and O–H groups in total. The number of aromatic nitrogens is 3. The summed E-state index contributed by atoms with van der Waals surface area (Å²) in [4.78, 5) is 12.2. The van der Waals surface area contributed by atoms with Gasteiger partial charge in [0.25, 0.3) is 0 Å². The van der Waals surface area contributed by atoms with Crippen molar-refractivity contribution >= 4 is 32.7 Å². The Morgan fingerprint density at radius 2 is 2.11 bits per heavy atom. The van der Waals surface area contributed by atoms with Crippen molar-refractivity contribution in [1.82, 2.24) is 19.3 Å². The maximum Gasteiger partial charge on any atom is 0.235 e. The Bertz CT molecular complexity index is 1570. The van der Waals surface area contributed by atoms with Crippen LogP contribution in [0.15, 0.2) is 60.9 Å². The number of hydrogen-bond acceptors (Lipinski definition) is 5. The van der Waals surface area contributed by atoms with Gasteiger partial charge in [-0.05, 0) is 55.7 Å². The van der Waals surface area contributed by atoms with Gasteiger partial charge in [0.05, 0.1) is 29.0 Å². The van der Waals surface area contributed by atoms with E-state index in [-0.39, 0.29) is 12.6 Å². The molecule has 4 heterocycles. The van der Waals surface area contributed by atoms with E-state index in [1.165, 1.54) is 16.4 Å². The van der Waals surface area contributed by atoms with Crippen LogP contribution in [0.1, 0.15) is 18.4 Å². The number of fused-ring (bicyclic) bond motifs is 1. The van der Waals surface area contributed by atoms with Crippen molar-refractivity contribution in [3.63, 3.8) is 0 Å². The van der Waals surface area contributed by atoms with Crippen molar-refractivity contribution in [2.45, 2.75) is 25.8 Å². The van der Waals surface area contributed by atoms with Gasteiger partial charge >= 0.3 is 0 Å². The van der Waals surface area contributed by atoms with Crippen molar-refractivity contribution in [3.8, 4) is 28.1 Å². The third kappa shape index (κ3) is 4.38. The fourth-order valence-electron chi connectivity index (χ4n) is 4.66. The first kappa shape index (κ1) is 24.4. The summed E-state index contributed by atoms with van der Waals surface area (Å²) in [6.45, 7) is 5.95. The Hall–Kier alpha value is -3.27. The van der Waals surface area contributed by atoms with Crippen LogP contribution in [0.2, 0.25) is 5.02 Å². The van der Waals surface area contributed by atoms with E-state index >= 15 is 4.39 Å². The van der Waals surface area contributed by atoms with E-state index in [0.717, 1.165) is 22.9 Å². The summed E-state index contributed by atoms with van der Waals surface area (Å²) in [6.07, 6.45) is 6.29. The molecule has 1 fully saturated rings. The van der Waals surface area contributed by atoms with Crippen LogP contribution in [0.4, 0.5) is 4.39 Å². The lowest BCUT2D eigenvalue weighted by Gasteiger charge is -2.23. The molecular weight excluding hydrogens is 503 g/mol. The van der Waals surface area contributed by atoms with Crippen molar-refractivity contribution in [3.05, 3.63) is 77.3 Å². The summed E-state index contributed by atoms with van der Waals surface area (Å²) < 4.78 is 47.4. The molecule has 1 atom stereocenters. The molecule has 0 aliphatic carbocycles. The van der Waals surface area contributed by atoms with Gasteiger partial charge in [0.15, 0.2) is 0 Å². The average molecular weight is 527 g/mol. The number of nitrogens with zero attached hydrogens (tertiary/aromatic N) is 3. The maximum absolute atomic E-state index is 15.1. The molecule has 1 aliphatic rings. The number of aromatic amines is 1. The predicted molar refractivity (Wildman–Crippen MR) is 139 cm³/mol. The van der Waals surface area contributed by atoms with Crippen LogP contribution >= 0.6 is 11.6 Å². The Morgan fingerprint density at radius 3 is 2.92 bits per heavy atom. The minimum absolute atomic E-state index is 0.143. The zero-order valence-corrected chi connectivity index (χ0v) is 21.1. The lowest BCUT2D eigenvalue weighted by molar-refractivity contribution is 0.234. The van der Waals surface area contributed by atoms with Crippen molar-refractivity contribution in [2.24, 2.45) is 0 Å². The van der Waals surface area contributed by atoms with Crippen molar-refractivity contribution in [2.75, 3.05) is 13.2 Å². The van der Waals surface area contributed by atoms with E-state index in [9.17, 15) is 8.42 Å². The van der Waals surface area contributed by atoms with Gasteiger partial charge in [-0.3, -0.25) is 9.97 Å². The molecule has 36 heavy (non-hydrogen) atoms.